The maximum Gasteiger partial charge on any atom is 0.225 e. The van der Waals surface area contributed by atoms with E-state index in [1.54, 1.807) is 0 Å². The van der Waals surface area contributed by atoms with Gasteiger partial charge in [-0.15, -0.1) is 0 Å². The molecule has 2 rings (SSSR count). The molecule has 0 saturated carbocycles. The Bertz CT molecular complexity index is 437. The van der Waals surface area contributed by atoms with Gasteiger partial charge in [-0.05, 0) is 36.5 Å². The summed E-state index contributed by atoms with van der Waals surface area (Å²) in [7, 11) is 0. The monoisotopic (exact) mass is 290 g/mol. The lowest BCUT2D eigenvalue weighted by atomic mass is 10.0. The van der Waals surface area contributed by atoms with Gasteiger partial charge in [0.05, 0.1) is 6.10 Å². The molecule has 0 radical (unpaired) electrons. The highest BCUT2D eigenvalue weighted by molar-refractivity contribution is 5.90. The Kier molecular flexibility index (Phi) is 6.21. The first-order chi connectivity index (χ1) is 10.1. The van der Waals surface area contributed by atoms with E-state index in [2.05, 4.69) is 36.6 Å². The van der Waals surface area contributed by atoms with Crippen molar-refractivity contribution < 1.29 is 9.53 Å². The molecule has 0 bridgehead atoms. The van der Waals surface area contributed by atoms with Crippen molar-refractivity contribution in [2.45, 2.75) is 45.1 Å². The molecule has 0 aliphatic carbocycles. The largest absolute Gasteiger partial charge is 0.377 e. The van der Waals surface area contributed by atoms with Crippen molar-refractivity contribution >= 4 is 11.6 Å². The molecule has 116 valence electrons. The number of carbonyl (C=O) groups is 1. The summed E-state index contributed by atoms with van der Waals surface area (Å²) in [6.07, 6.45) is 3.09. The highest BCUT2D eigenvalue weighted by atomic mass is 16.5. The Hall–Kier alpha value is -1.39. The molecule has 1 aliphatic heterocycles. The van der Waals surface area contributed by atoms with E-state index < -0.39 is 0 Å². The van der Waals surface area contributed by atoms with Crippen LogP contribution in [0.5, 0.6) is 0 Å². The topological polar surface area (TPSA) is 50.4 Å². The summed E-state index contributed by atoms with van der Waals surface area (Å²) in [6.45, 7) is 6.73. The van der Waals surface area contributed by atoms with Crippen LogP contribution in [0.1, 0.15) is 44.6 Å². The summed E-state index contributed by atoms with van der Waals surface area (Å²) in [6, 6.07) is 8.06. The van der Waals surface area contributed by atoms with Crippen LogP contribution in [0, 0.1) is 0 Å². The van der Waals surface area contributed by atoms with E-state index in [0.29, 0.717) is 25.0 Å². The maximum absolute atomic E-state index is 11.8. The summed E-state index contributed by atoms with van der Waals surface area (Å²) < 4.78 is 5.52. The van der Waals surface area contributed by atoms with E-state index in [0.717, 1.165) is 31.7 Å². The third-order valence-electron chi connectivity index (χ3n) is 3.79. The van der Waals surface area contributed by atoms with Crippen molar-refractivity contribution in [2.24, 2.45) is 0 Å². The fraction of sp³-hybridized carbons (Fsp3) is 0.588. The lowest BCUT2D eigenvalue weighted by molar-refractivity contribution is -0.116. The van der Waals surface area contributed by atoms with Gasteiger partial charge in [-0.1, -0.05) is 26.0 Å². The molecule has 1 heterocycles. The predicted molar refractivity (Wildman–Crippen MR) is 85.6 cm³/mol. The van der Waals surface area contributed by atoms with E-state index in [9.17, 15) is 4.79 Å². The van der Waals surface area contributed by atoms with Gasteiger partial charge in [-0.25, -0.2) is 0 Å². The van der Waals surface area contributed by atoms with E-state index in [1.807, 2.05) is 12.1 Å². The number of ether oxygens (including phenoxy) is 1. The molecule has 4 nitrogen and oxygen atoms in total. The Morgan fingerprint density at radius 1 is 1.33 bits per heavy atom. The van der Waals surface area contributed by atoms with Gasteiger partial charge in [0.1, 0.15) is 0 Å². The number of rotatable bonds is 7. The molecule has 1 unspecified atom stereocenters. The molecule has 1 aliphatic rings. The van der Waals surface area contributed by atoms with E-state index >= 15 is 0 Å². The zero-order chi connectivity index (χ0) is 15.1. The second-order valence-corrected chi connectivity index (χ2v) is 5.91. The molecule has 2 N–H and O–H groups in total. The summed E-state index contributed by atoms with van der Waals surface area (Å²) in [5.41, 5.74) is 2.15. The van der Waals surface area contributed by atoms with Gasteiger partial charge >= 0.3 is 0 Å². The normalized spacial score (nSPS) is 18.1. The quantitative estimate of drug-likeness (QED) is 0.759. The Balaban J connectivity index is 1.64. The number of hydrogen-bond acceptors (Lipinski definition) is 3. The third-order valence-corrected chi connectivity index (χ3v) is 3.79. The van der Waals surface area contributed by atoms with Crippen LogP contribution in [0.25, 0.3) is 0 Å². The highest BCUT2D eigenvalue weighted by Crippen LogP contribution is 2.17. The summed E-state index contributed by atoms with van der Waals surface area (Å²) in [5, 5.41) is 6.21. The van der Waals surface area contributed by atoms with Gasteiger partial charge < -0.3 is 15.4 Å². The highest BCUT2D eigenvalue weighted by Gasteiger charge is 2.14. The Labute approximate surface area is 127 Å². The predicted octanol–water partition coefficient (Wildman–Crippen LogP) is 2.91. The molecule has 4 heteroatoms. The van der Waals surface area contributed by atoms with Gasteiger partial charge in [-0.2, -0.15) is 0 Å². The van der Waals surface area contributed by atoms with E-state index in [4.69, 9.17) is 4.74 Å². The van der Waals surface area contributed by atoms with Gasteiger partial charge in [0.15, 0.2) is 0 Å². The number of anilines is 1. The van der Waals surface area contributed by atoms with Crippen molar-refractivity contribution in [1.29, 1.82) is 0 Å². The molecular weight excluding hydrogens is 264 g/mol. The number of benzene rings is 1. The summed E-state index contributed by atoms with van der Waals surface area (Å²) in [4.78, 5) is 11.8. The van der Waals surface area contributed by atoms with Crippen molar-refractivity contribution in [3.63, 3.8) is 0 Å². The lowest BCUT2D eigenvalue weighted by Gasteiger charge is -2.11. The van der Waals surface area contributed by atoms with E-state index in [1.165, 1.54) is 5.56 Å². The minimum absolute atomic E-state index is 0.0483. The first kappa shape index (κ1) is 16.0. The van der Waals surface area contributed by atoms with Crippen LogP contribution in [0.15, 0.2) is 24.3 Å². The fourth-order valence-corrected chi connectivity index (χ4v) is 2.45. The molecule has 21 heavy (non-hydrogen) atoms. The van der Waals surface area contributed by atoms with Gasteiger partial charge in [0.2, 0.25) is 5.91 Å². The van der Waals surface area contributed by atoms with E-state index in [-0.39, 0.29) is 5.91 Å². The molecule has 0 aromatic heterocycles. The number of carbonyl (C=O) groups excluding carboxylic acids is 1. The van der Waals surface area contributed by atoms with Crippen molar-refractivity contribution in [3.05, 3.63) is 29.8 Å². The van der Waals surface area contributed by atoms with Crippen molar-refractivity contribution in [1.82, 2.24) is 5.32 Å². The van der Waals surface area contributed by atoms with Gasteiger partial charge in [0, 0.05) is 31.8 Å². The van der Waals surface area contributed by atoms with Crippen LogP contribution in [0.3, 0.4) is 0 Å². The Morgan fingerprint density at radius 2 is 2.10 bits per heavy atom. The molecule has 1 aromatic rings. The Morgan fingerprint density at radius 3 is 2.71 bits per heavy atom. The second-order valence-electron chi connectivity index (χ2n) is 5.91. The maximum atomic E-state index is 11.8. The molecule has 1 fully saturated rings. The molecule has 0 spiro atoms. The number of amides is 1. The third kappa shape index (κ3) is 5.48. The van der Waals surface area contributed by atoms with Crippen LogP contribution in [-0.4, -0.2) is 31.7 Å². The van der Waals surface area contributed by atoms with Crippen LogP contribution in [-0.2, 0) is 9.53 Å². The van der Waals surface area contributed by atoms with Crippen LogP contribution in [0.4, 0.5) is 5.69 Å². The van der Waals surface area contributed by atoms with Crippen LogP contribution >= 0.6 is 0 Å². The first-order valence-electron chi connectivity index (χ1n) is 7.87. The summed E-state index contributed by atoms with van der Waals surface area (Å²) >= 11 is 0. The average molecular weight is 290 g/mol. The first-order valence-corrected chi connectivity index (χ1v) is 7.87. The second kappa shape index (κ2) is 8.15. The zero-order valence-corrected chi connectivity index (χ0v) is 13.0. The average Bonchev–Trinajstić information content (AvgIpc) is 2.97. The van der Waals surface area contributed by atoms with Crippen LogP contribution < -0.4 is 10.6 Å². The summed E-state index contributed by atoms with van der Waals surface area (Å²) in [5.74, 6) is 0.559. The molecule has 1 atom stereocenters. The van der Waals surface area contributed by atoms with Crippen molar-refractivity contribution in [3.8, 4) is 0 Å². The SMILES string of the molecule is CC(C)c1ccc(NC(=O)CCNCC2CCCO2)cc1. The zero-order valence-electron chi connectivity index (χ0n) is 13.0. The molecular formula is C17H26N2O2. The smallest absolute Gasteiger partial charge is 0.225 e. The molecule has 1 aromatic carbocycles. The van der Waals surface area contributed by atoms with Crippen molar-refractivity contribution in [2.75, 3.05) is 25.0 Å². The molecule has 1 amide bonds. The van der Waals surface area contributed by atoms with Gasteiger partial charge in [-0.3, -0.25) is 4.79 Å². The minimum Gasteiger partial charge on any atom is -0.377 e. The number of nitrogens with one attached hydrogen (secondary N) is 2. The van der Waals surface area contributed by atoms with Crippen LogP contribution in [0.2, 0.25) is 0 Å². The fourth-order valence-electron chi connectivity index (χ4n) is 2.45. The molecule has 1 saturated heterocycles. The number of hydrogen-bond donors (Lipinski definition) is 2. The standard InChI is InChI=1S/C17H26N2O2/c1-13(2)14-5-7-15(8-6-14)19-17(20)9-10-18-12-16-4-3-11-21-16/h5-8,13,16,18H,3-4,9-12H2,1-2H3,(H,19,20). The van der Waals surface area contributed by atoms with Gasteiger partial charge in [0.25, 0.3) is 0 Å². The minimum atomic E-state index is 0.0483. The lowest BCUT2D eigenvalue weighted by Crippen LogP contribution is -2.29.